The van der Waals surface area contributed by atoms with Gasteiger partial charge in [0.1, 0.15) is 0 Å². The van der Waals surface area contributed by atoms with Gasteiger partial charge in [-0.2, -0.15) is 0 Å². The van der Waals surface area contributed by atoms with Gasteiger partial charge in [0.25, 0.3) is 5.91 Å². The first-order chi connectivity index (χ1) is 12.7. The van der Waals surface area contributed by atoms with Gasteiger partial charge in [0.2, 0.25) is 0 Å². The van der Waals surface area contributed by atoms with E-state index in [0.29, 0.717) is 11.5 Å². The van der Waals surface area contributed by atoms with Crippen molar-refractivity contribution in [1.82, 2.24) is 4.98 Å². The van der Waals surface area contributed by atoms with E-state index < -0.39 is 0 Å². The summed E-state index contributed by atoms with van der Waals surface area (Å²) in [7, 11) is 0. The lowest BCUT2D eigenvalue weighted by Gasteiger charge is -2.19. The first-order valence-corrected chi connectivity index (χ1v) is 11.3. The van der Waals surface area contributed by atoms with E-state index in [9.17, 15) is 4.79 Å². The molecule has 0 fully saturated rings. The van der Waals surface area contributed by atoms with Crippen LogP contribution < -0.4 is 5.32 Å². The van der Waals surface area contributed by atoms with E-state index in [1.165, 1.54) is 5.56 Å². The summed E-state index contributed by atoms with van der Waals surface area (Å²) in [6.07, 6.45) is 2.65. The van der Waals surface area contributed by atoms with Gasteiger partial charge in [0, 0.05) is 19.4 Å². The highest BCUT2D eigenvalue weighted by molar-refractivity contribution is 14.1. The molecule has 5 heteroatoms. The number of aromatic nitrogens is 1. The average molecular weight is 543 g/mol. The Labute approximate surface area is 185 Å². The number of amides is 1. The topological polar surface area (TPSA) is 42.0 Å². The summed E-state index contributed by atoms with van der Waals surface area (Å²) in [6.45, 7) is 12.6. The van der Waals surface area contributed by atoms with Crippen LogP contribution in [0.5, 0.6) is 0 Å². The zero-order valence-electron chi connectivity index (χ0n) is 17.0. The lowest BCUT2D eigenvalue weighted by Crippen LogP contribution is -2.20. The van der Waals surface area contributed by atoms with Crippen LogP contribution in [0.15, 0.2) is 16.6 Å². The summed E-state index contributed by atoms with van der Waals surface area (Å²) >= 11 is 5.90. The standard InChI is InChI=1S/C22H28BrIN2O/c1-7-15-10-17(23)11-16(8-2)21(15)26-22(27)19-14(6)25-13(5)18(20(19)24)9-12(3)4/h10-12H,7-9H2,1-6H3,(H,26,27). The van der Waals surface area contributed by atoms with Crippen LogP contribution in [0.25, 0.3) is 0 Å². The Hall–Kier alpha value is -0.950. The molecule has 0 saturated carbocycles. The Balaban J connectivity index is 2.51. The molecule has 3 nitrogen and oxygen atoms in total. The molecule has 0 saturated heterocycles. The molecule has 0 aliphatic carbocycles. The second-order valence-corrected chi connectivity index (χ2v) is 9.30. The van der Waals surface area contributed by atoms with Crippen molar-refractivity contribution in [3.63, 3.8) is 0 Å². The molecule has 1 amide bonds. The van der Waals surface area contributed by atoms with E-state index in [1.807, 2.05) is 13.8 Å². The molecule has 146 valence electrons. The van der Waals surface area contributed by atoms with Gasteiger partial charge in [-0.3, -0.25) is 9.78 Å². The fourth-order valence-electron chi connectivity index (χ4n) is 3.37. The highest BCUT2D eigenvalue weighted by Gasteiger charge is 2.22. The maximum Gasteiger partial charge on any atom is 0.258 e. The molecule has 1 aromatic heterocycles. The van der Waals surface area contributed by atoms with Crippen molar-refractivity contribution in [3.8, 4) is 0 Å². The molecular formula is C22H28BrIN2O. The van der Waals surface area contributed by atoms with Crippen LogP contribution in [0.1, 0.15) is 66.1 Å². The fourth-order valence-corrected chi connectivity index (χ4v) is 5.17. The second-order valence-electron chi connectivity index (χ2n) is 7.31. The molecule has 0 spiro atoms. The van der Waals surface area contributed by atoms with Crippen LogP contribution in [0, 0.1) is 23.3 Å². The Bertz CT molecular complexity index is 837. The van der Waals surface area contributed by atoms with Crippen LogP contribution in [0.2, 0.25) is 0 Å². The van der Waals surface area contributed by atoms with E-state index >= 15 is 0 Å². The van der Waals surface area contributed by atoms with Gasteiger partial charge in [0.05, 0.1) is 11.3 Å². The number of hydrogen-bond donors (Lipinski definition) is 1. The number of aryl methyl sites for hydroxylation is 4. The Kier molecular flexibility index (Phi) is 7.86. The maximum absolute atomic E-state index is 13.3. The van der Waals surface area contributed by atoms with Crippen molar-refractivity contribution < 1.29 is 4.79 Å². The largest absolute Gasteiger partial charge is 0.321 e. The average Bonchev–Trinajstić information content (AvgIpc) is 2.59. The second kappa shape index (κ2) is 9.50. The van der Waals surface area contributed by atoms with Crippen LogP contribution in [-0.2, 0) is 19.3 Å². The summed E-state index contributed by atoms with van der Waals surface area (Å²) in [6, 6.07) is 4.17. The Morgan fingerprint density at radius 2 is 1.70 bits per heavy atom. The number of carbonyl (C=O) groups is 1. The van der Waals surface area contributed by atoms with Crippen molar-refractivity contribution >= 4 is 50.1 Å². The van der Waals surface area contributed by atoms with Crippen molar-refractivity contribution in [2.75, 3.05) is 5.32 Å². The third-order valence-electron chi connectivity index (χ3n) is 4.72. The SMILES string of the molecule is CCc1cc(Br)cc(CC)c1NC(=O)c1c(C)nc(C)c(CC(C)C)c1I. The normalized spacial score (nSPS) is 11.1. The van der Waals surface area contributed by atoms with Gasteiger partial charge in [-0.25, -0.2) is 0 Å². The Morgan fingerprint density at radius 1 is 1.15 bits per heavy atom. The lowest BCUT2D eigenvalue weighted by atomic mass is 9.98. The van der Waals surface area contributed by atoms with Crippen LogP contribution in [-0.4, -0.2) is 10.9 Å². The number of anilines is 1. The molecular weight excluding hydrogens is 515 g/mol. The zero-order valence-corrected chi connectivity index (χ0v) is 20.7. The van der Waals surface area contributed by atoms with Crippen LogP contribution in [0.3, 0.4) is 0 Å². The van der Waals surface area contributed by atoms with Crippen LogP contribution >= 0.6 is 38.5 Å². The van der Waals surface area contributed by atoms with Gasteiger partial charge in [-0.05, 0) is 90.4 Å². The molecule has 2 rings (SSSR count). The number of benzene rings is 1. The maximum atomic E-state index is 13.3. The summed E-state index contributed by atoms with van der Waals surface area (Å²) in [5, 5.41) is 3.20. The van der Waals surface area contributed by atoms with E-state index in [4.69, 9.17) is 0 Å². The quantitative estimate of drug-likeness (QED) is 0.416. The van der Waals surface area contributed by atoms with Crippen molar-refractivity contribution in [2.45, 2.75) is 60.8 Å². The minimum atomic E-state index is -0.0684. The molecule has 2 aromatic rings. The highest BCUT2D eigenvalue weighted by Crippen LogP contribution is 2.30. The van der Waals surface area contributed by atoms with Crippen molar-refractivity contribution in [3.05, 3.63) is 53.8 Å². The van der Waals surface area contributed by atoms with Gasteiger partial charge < -0.3 is 5.32 Å². The fraction of sp³-hybridized carbons (Fsp3) is 0.455. The number of rotatable bonds is 6. The first-order valence-electron chi connectivity index (χ1n) is 9.47. The molecule has 1 heterocycles. The third kappa shape index (κ3) is 5.11. The number of nitrogens with one attached hydrogen (secondary N) is 1. The minimum Gasteiger partial charge on any atom is -0.321 e. The summed E-state index contributed by atoms with van der Waals surface area (Å²) in [5.41, 5.74) is 6.92. The zero-order chi connectivity index (χ0) is 20.3. The predicted octanol–water partition coefficient (Wildman–Crippen LogP) is 6.64. The lowest BCUT2D eigenvalue weighted by molar-refractivity contribution is 0.102. The van der Waals surface area contributed by atoms with Gasteiger partial charge >= 0.3 is 0 Å². The number of carbonyl (C=O) groups excluding carboxylic acids is 1. The Morgan fingerprint density at radius 3 is 2.19 bits per heavy atom. The predicted molar refractivity (Wildman–Crippen MR) is 126 cm³/mol. The van der Waals surface area contributed by atoms with E-state index in [-0.39, 0.29) is 5.91 Å². The molecule has 0 aliphatic heterocycles. The first kappa shape index (κ1) is 22.3. The van der Waals surface area contributed by atoms with Crippen molar-refractivity contribution in [2.24, 2.45) is 5.92 Å². The third-order valence-corrected chi connectivity index (χ3v) is 6.37. The number of pyridine rings is 1. The molecule has 27 heavy (non-hydrogen) atoms. The molecule has 0 bridgehead atoms. The van der Waals surface area contributed by atoms with Gasteiger partial charge in [0.15, 0.2) is 0 Å². The van der Waals surface area contributed by atoms with E-state index in [2.05, 4.69) is 88.6 Å². The summed E-state index contributed by atoms with van der Waals surface area (Å²) in [5.74, 6) is 0.448. The van der Waals surface area contributed by atoms with Gasteiger partial charge in [-0.15, -0.1) is 0 Å². The smallest absolute Gasteiger partial charge is 0.258 e. The van der Waals surface area contributed by atoms with Gasteiger partial charge in [-0.1, -0.05) is 43.6 Å². The number of halogens is 2. The minimum absolute atomic E-state index is 0.0684. The molecule has 0 unspecified atom stereocenters. The molecule has 0 aliphatic rings. The van der Waals surface area contributed by atoms with Crippen molar-refractivity contribution in [1.29, 1.82) is 0 Å². The van der Waals surface area contributed by atoms with E-state index in [0.717, 1.165) is 55.5 Å². The molecule has 0 atom stereocenters. The summed E-state index contributed by atoms with van der Waals surface area (Å²) in [4.78, 5) is 17.9. The molecule has 1 aromatic carbocycles. The van der Waals surface area contributed by atoms with Crippen LogP contribution in [0.4, 0.5) is 5.69 Å². The number of nitrogens with zero attached hydrogens (tertiary/aromatic N) is 1. The monoisotopic (exact) mass is 542 g/mol. The summed E-state index contributed by atoms with van der Waals surface area (Å²) < 4.78 is 2.08. The molecule has 0 radical (unpaired) electrons. The van der Waals surface area contributed by atoms with E-state index in [1.54, 1.807) is 0 Å². The highest BCUT2D eigenvalue weighted by atomic mass is 127. The molecule has 1 N–H and O–H groups in total. The number of hydrogen-bond acceptors (Lipinski definition) is 2.